The van der Waals surface area contributed by atoms with Gasteiger partial charge in [-0.15, -0.1) is 11.3 Å². The van der Waals surface area contributed by atoms with Crippen molar-refractivity contribution in [2.75, 3.05) is 23.7 Å². The lowest BCUT2D eigenvalue weighted by molar-refractivity contribution is -0.130. The number of rotatable bonds is 8. The number of likely N-dealkylation sites (N-methyl/N-ethyl adjacent to an activating group) is 1. The molecule has 154 valence electrons. The maximum Gasteiger partial charge on any atom is 0.246 e. The molecular weight excluding hydrogens is 412 g/mol. The second kappa shape index (κ2) is 8.75. The molecule has 0 aliphatic carbocycles. The van der Waals surface area contributed by atoms with Crippen LogP contribution in [0.3, 0.4) is 0 Å². The molecule has 3 rings (SSSR count). The van der Waals surface area contributed by atoms with Gasteiger partial charge in [-0.3, -0.25) is 9.10 Å². The van der Waals surface area contributed by atoms with Crippen LogP contribution in [-0.4, -0.2) is 48.7 Å². The standard InChI is InChI=1S/C19H22N4O4S2/c1-4-22(12-17-20-19(21-27-17)16-10-7-11-28-16)18(24)13-23(29(3,25)26)15-9-6-5-8-14(15)2/h5-11H,4,12-13H2,1-3H3. The minimum Gasteiger partial charge on any atom is -0.337 e. The van der Waals surface area contributed by atoms with Crippen LogP contribution in [0.15, 0.2) is 46.3 Å². The molecule has 0 spiro atoms. The van der Waals surface area contributed by atoms with Crippen molar-refractivity contribution in [3.63, 3.8) is 0 Å². The lowest BCUT2D eigenvalue weighted by Gasteiger charge is -2.27. The topological polar surface area (TPSA) is 96.6 Å². The second-order valence-corrected chi connectivity index (χ2v) is 9.31. The van der Waals surface area contributed by atoms with Crippen molar-refractivity contribution in [3.8, 4) is 10.7 Å². The van der Waals surface area contributed by atoms with Crippen LogP contribution in [-0.2, 0) is 21.4 Å². The van der Waals surface area contributed by atoms with E-state index in [1.807, 2.05) is 30.5 Å². The molecule has 0 N–H and O–H groups in total. The molecule has 0 saturated carbocycles. The van der Waals surface area contributed by atoms with Gasteiger partial charge in [0.25, 0.3) is 0 Å². The fourth-order valence-corrected chi connectivity index (χ4v) is 4.37. The van der Waals surface area contributed by atoms with Crippen molar-refractivity contribution >= 4 is 33.0 Å². The van der Waals surface area contributed by atoms with E-state index in [2.05, 4.69) is 10.1 Å². The summed E-state index contributed by atoms with van der Waals surface area (Å²) in [5.74, 6) is 0.415. The molecule has 0 bridgehead atoms. The van der Waals surface area contributed by atoms with Gasteiger partial charge < -0.3 is 9.42 Å². The van der Waals surface area contributed by atoms with E-state index in [1.165, 1.54) is 16.2 Å². The summed E-state index contributed by atoms with van der Waals surface area (Å²) < 4.78 is 31.1. The van der Waals surface area contributed by atoms with Gasteiger partial charge in [-0.25, -0.2) is 8.42 Å². The Kier molecular flexibility index (Phi) is 6.33. The van der Waals surface area contributed by atoms with Crippen LogP contribution < -0.4 is 4.31 Å². The van der Waals surface area contributed by atoms with E-state index in [1.54, 1.807) is 25.1 Å². The van der Waals surface area contributed by atoms with Crippen LogP contribution in [0.1, 0.15) is 18.4 Å². The van der Waals surface area contributed by atoms with E-state index in [0.717, 1.165) is 21.0 Å². The van der Waals surface area contributed by atoms with Crippen LogP contribution in [0.2, 0.25) is 0 Å². The van der Waals surface area contributed by atoms with E-state index < -0.39 is 10.0 Å². The Balaban J connectivity index is 1.77. The molecule has 0 saturated heterocycles. The Labute approximate surface area is 173 Å². The predicted molar refractivity (Wildman–Crippen MR) is 112 cm³/mol. The van der Waals surface area contributed by atoms with Gasteiger partial charge in [-0.1, -0.05) is 29.4 Å². The van der Waals surface area contributed by atoms with E-state index >= 15 is 0 Å². The molecule has 1 aromatic carbocycles. The van der Waals surface area contributed by atoms with Crippen molar-refractivity contribution in [2.24, 2.45) is 0 Å². The zero-order chi connectivity index (χ0) is 21.0. The molecule has 10 heteroatoms. The van der Waals surface area contributed by atoms with Crippen LogP contribution in [0, 0.1) is 6.92 Å². The van der Waals surface area contributed by atoms with Crippen LogP contribution in [0.25, 0.3) is 10.7 Å². The first-order chi connectivity index (χ1) is 13.8. The van der Waals surface area contributed by atoms with Crippen molar-refractivity contribution in [3.05, 3.63) is 53.2 Å². The first-order valence-electron chi connectivity index (χ1n) is 8.97. The number of aryl methyl sites for hydroxylation is 1. The number of aromatic nitrogens is 2. The average molecular weight is 435 g/mol. The Morgan fingerprint density at radius 2 is 1.97 bits per heavy atom. The third kappa shape index (κ3) is 5.01. The molecule has 3 aromatic rings. The first-order valence-corrected chi connectivity index (χ1v) is 11.7. The number of carbonyl (C=O) groups is 1. The molecule has 29 heavy (non-hydrogen) atoms. The Morgan fingerprint density at radius 3 is 2.59 bits per heavy atom. The normalized spacial score (nSPS) is 11.4. The molecule has 1 amide bonds. The summed E-state index contributed by atoms with van der Waals surface area (Å²) in [5.41, 5.74) is 1.25. The highest BCUT2D eigenvalue weighted by Crippen LogP contribution is 2.23. The quantitative estimate of drug-likeness (QED) is 0.541. The summed E-state index contributed by atoms with van der Waals surface area (Å²) >= 11 is 1.49. The van der Waals surface area contributed by atoms with Gasteiger partial charge in [0, 0.05) is 6.54 Å². The molecule has 8 nitrogen and oxygen atoms in total. The Bertz CT molecular complexity index is 1080. The molecule has 0 fully saturated rings. The number of para-hydroxylation sites is 1. The largest absolute Gasteiger partial charge is 0.337 e. The number of nitrogens with zero attached hydrogens (tertiary/aromatic N) is 4. The molecule has 2 aromatic heterocycles. The molecule has 0 unspecified atom stereocenters. The monoisotopic (exact) mass is 434 g/mol. The third-order valence-corrected chi connectivity index (χ3v) is 6.33. The van der Waals surface area contributed by atoms with Gasteiger partial charge in [0.1, 0.15) is 13.1 Å². The highest BCUT2D eigenvalue weighted by atomic mass is 32.2. The van der Waals surface area contributed by atoms with E-state index in [0.29, 0.717) is 23.9 Å². The number of sulfonamides is 1. The fourth-order valence-electron chi connectivity index (χ4n) is 2.81. The summed E-state index contributed by atoms with van der Waals surface area (Å²) in [7, 11) is -3.64. The molecular formula is C19H22N4O4S2. The van der Waals surface area contributed by atoms with Gasteiger partial charge in [0.2, 0.25) is 27.6 Å². The number of hydrogen-bond acceptors (Lipinski definition) is 7. The Morgan fingerprint density at radius 1 is 1.21 bits per heavy atom. The first kappa shape index (κ1) is 21.0. The van der Waals surface area contributed by atoms with Gasteiger partial charge >= 0.3 is 0 Å². The number of carbonyl (C=O) groups excluding carboxylic acids is 1. The number of thiophene rings is 1. The van der Waals surface area contributed by atoms with E-state index in [4.69, 9.17) is 4.52 Å². The molecule has 0 aliphatic heterocycles. The maximum absolute atomic E-state index is 12.9. The Hall–Kier alpha value is -2.72. The third-order valence-electron chi connectivity index (χ3n) is 4.33. The molecule has 0 atom stereocenters. The molecule has 0 aliphatic rings. The van der Waals surface area contributed by atoms with Crippen LogP contribution >= 0.6 is 11.3 Å². The lowest BCUT2D eigenvalue weighted by Crippen LogP contribution is -2.42. The number of hydrogen-bond donors (Lipinski definition) is 0. The van der Waals surface area contributed by atoms with Crippen molar-refractivity contribution in [2.45, 2.75) is 20.4 Å². The number of benzene rings is 1. The average Bonchev–Trinajstić information content (AvgIpc) is 3.35. The van der Waals surface area contributed by atoms with Gasteiger partial charge in [0.15, 0.2) is 0 Å². The fraction of sp³-hybridized carbons (Fsp3) is 0.316. The van der Waals surface area contributed by atoms with Gasteiger partial charge in [-0.05, 0) is 36.9 Å². The van der Waals surface area contributed by atoms with E-state index in [9.17, 15) is 13.2 Å². The van der Waals surface area contributed by atoms with Crippen LogP contribution in [0.5, 0.6) is 0 Å². The SMILES string of the molecule is CCN(Cc1nc(-c2cccs2)no1)C(=O)CN(c1ccccc1C)S(C)(=O)=O. The molecule has 2 heterocycles. The summed E-state index contributed by atoms with van der Waals surface area (Å²) in [6.45, 7) is 3.80. The van der Waals surface area contributed by atoms with Crippen molar-refractivity contribution < 1.29 is 17.7 Å². The summed E-state index contributed by atoms with van der Waals surface area (Å²) in [6, 6.07) is 10.8. The smallest absolute Gasteiger partial charge is 0.246 e. The van der Waals surface area contributed by atoms with E-state index in [-0.39, 0.29) is 19.0 Å². The predicted octanol–water partition coefficient (Wildman–Crippen LogP) is 2.92. The lowest BCUT2D eigenvalue weighted by atomic mass is 10.2. The van der Waals surface area contributed by atoms with Crippen LogP contribution in [0.4, 0.5) is 5.69 Å². The van der Waals surface area contributed by atoms with Crippen molar-refractivity contribution in [1.29, 1.82) is 0 Å². The zero-order valence-corrected chi connectivity index (χ0v) is 18.0. The number of amides is 1. The minimum atomic E-state index is -3.64. The van der Waals surface area contributed by atoms with Gasteiger partial charge in [0.05, 0.1) is 16.8 Å². The summed E-state index contributed by atoms with van der Waals surface area (Å²) in [4.78, 5) is 19.6. The highest BCUT2D eigenvalue weighted by molar-refractivity contribution is 7.92. The molecule has 0 radical (unpaired) electrons. The van der Waals surface area contributed by atoms with Crippen molar-refractivity contribution in [1.82, 2.24) is 15.0 Å². The highest BCUT2D eigenvalue weighted by Gasteiger charge is 2.25. The minimum absolute atomic E-state index is 0.110. The zero-order valence-electron chi connectivity index (χ0n) is 16.4. The summed E-state index contributed by atoms with van der Waals surface area (Å²) in [6.07, 6.45) is 1.09. The number of anilines is 1. The maximum atomic E-state index is 12.9. The summed E-state index contributed by atoms with van der Waals surface area (Å²) in [5, 5.41) is 5.86. The second-order valence-electron chi connectivity index (χ2n) is 6.45. The van der Waals surface area contributed by atoms with Gasteiger partial charge in [-0.2, -0.15) is 4.98 Å².